The highest BCUT2D eigenvalue weighted by Crippen LogP contribution is 2.38. The average Bonchev–Trinajstić information content (AvgIpc) is 2.49. The zero-order valence-corrected chi connectivity index (χ0v) is 13.5. The molecular weight excluding hydrogens is 355 g/mol. The first-order valence-electron chi connectivity index (χ1n) is 6.27. The Hall–Kier alpha value is -0.595. The van der Waals surface area contributed by atoms with Crippen LogP contribution in [0.25, 0.3) is 0 Å². The summed E-state index contributed by atoms with van der Waals surface area (Å²) >= 11 is 2.82. The molecule has 116 valence electrons. The van der Waals surface area contributed by atoms with Crippen LogP contribution in [-0.4, -0.2) is 18.3 Å². The molecule has 0 amide bonds. The van der Waals surface area contributed by atoms with E-state index in [-0.39, 0.29) is 9.94 Å². The summed E-state index contributed by atoms with van der Waals surface area (Å²) in [5.74, 6) is -1.01. The third-order valence-electron chi connectivity index (χ3n) is 3.90. The van der Waals surface area contributed by atoms with E-state index >= 15 is 0 Å². The quantitative estimate of drug-likeness (QED) is 0.552. The molecule has 1 aliphatic rings. The molecule has 1 heterocycles. The van der Waals surface area contributed by atoms with Crippen molar-refractivity contribution < 1.29 is 26.9 Å². The molecule has 0 spiro atoms. The predicted molar refractivity (Wildman–Crippen MR) is 74.8 cm³/mol. The fourth-order valence-corrected chi connectivity index (χ4v) is 2.52. The van der Waals surface area contributed by atoms with Gasteiger partial charge in [-0.3, -0.25) is 0 Å². The summed E-state index contributed by atoms with van der Waals surface area (Å²) in [6, 6.07) is 1.50. The van der Waals surface area contributed by atoms with Crippen LogP contribution in [0, 0.1) is 5.82 Å². The fourth-order valence-electron chi connectivity index (χ4n) is 1.93. The van der Waals surface area contributed by atoms with E-state index in [1.807, 2.05) is 0 Å². The zero-order chi connectivity index (χ0) is 16.2. The van der Waals surface area contributed by atoms with Gasteiger partial charge in [0.2, 0.25) is 0 Å². The highest BCUT2D eigenvalue weighted by atomic mass is 79.9. The highest BCUT2D eigenvalue weighted by molar-refractivity contribution is 9.10. The van der Waals surface area contributed by atoms with Crippen LogP contribution in [0.2, 0.25) is 0 Å². The molecule has 1 aromatic carbocycles. The Morgan fingerprint density at radius 2 is 1.52 bits per heavy atom. The van der Waals surface area contributed by atoms with E-state index in [0.29, 0.717) is 6.07 Å². The first-order chi connectivity index (χ1) is 9.35. The van der Waals surface area contributed by atoms with E-state index in [1.54, 1.807) is 27.7 Å². The molecule has 1 saturated heterocycles. The molecule has 0 N–H and O–H groups in total. The Kier molecular flexibility index (Phi) is 3.96. The molecule has 2 rings (SSSR count). The van der Waals surface area contributed by atoms with Crippen molar-refractivity contribution in [2.75, 3.05) is 0 Å². The smallest absolute Gasteiger partial charge is 0.399 e. The van der Waals surface area contributed by atoms with Gasteiger partial charge in [0.15, 0.2) is 0 Å². The molecule has 0 radical (unpaired) electrons. The number of rotatable bonds is 1. The molecule has 0 atom stereocenters. The molecule has 0 bridgehead atoms. The van der Waals surface area contributed by atoms with Crippen molar-refractivity contribution in [3.8, 4) is 0 Å². The first kappa shape index (κ1) is 16.8. The summed E-state index contributed by atoms with van der Waals surface area (Å²) in [4.78, 5) is 0. The lowest BCUT2D eigenvalue weighted by molar-refractivity contribution is -0.138. The van der Waals surface area contributed by atoms with E-state index in [9.17, 15) is 17.6 Å². The molecule has 1 fully saturated rings. The molecule has 1 aromatic rings. The van der Waals surface area contributed by atoms with Gasteiger partial charge in [-0.25, -0.2) is 4.39 Å². The van der Waals surface area contributed by atoms with E-state index < -0.39 is 35.9 Å². The monoisotopic (exact) mass is 368 g/mol. The van der Waals surface area contributed by atoms with Crippen LogP contribution in [0.3, 0.4) is 0 Å². The minimum Gasteiger partial charge on any atom is -0.399 e. The van der Waals surface area contributed by atoms with Crippen molar-refractivity contribution >= 4 is 28.5 Å². The van der Waals surface area contributed by atoms with Crippen LogP contribution in [0.1, 0.15) is 33.3 Å². The summed E-state index contributed by atoms with van der Waals surface area (Å²) in [7, 11) is -1.05. The van der Waals surface area contributed by atoms with E-state index in [0.717, 1.165) is 6.07 Å². The maximum absolute atomic E-state index is 14.0. The van der Waals surface area contributed by atoms with Crippen molar-refractivity contribution in [3.05, 3.63) is 28.0 Å². The van der Waals surface area contributed by atoms with Crippen molar-refractivity contribution in [1.29, 1.82) is 0 Å². The fraction of sp³-hybridized carbons (Fsp3) is 0.538. The lowest BCUT2D eigenvalue weighted by Gasteiger charge is -2.32. The molecule has 1 aliphatic heterocycles. The summed E-state index contributed by atoms with van der Waals surface area (Å²) in [6.45, 7) is 7.13. The summed E-state index contributed by atoms with van der Waals surface area (Å²) < 4.78 is 63.3. The second-order valence-corrected chi connectivity index (χ2v) is 6.79. The van der Waals surface area contributed by atoms with Gasteiger partial charge in [0, 0.05) is 9.94 Å². The van der Waals surface area contributed by atoms with Crippen LogP contribution in [-0.2, 0) is 15.5 Å². The maximum atomic E-state index is 14.0. The lowest BCUT2D eigenvalue weighted by atomic mass is 9.78. The number of halogens is 5. The summed E-state index contributed by atoms with van der Waals surface area (Å²) in [5, 5.41) is 0. The second kappa shape index (κ2) is 4.96. The SMILES string of the molecule is CC1(C)OB(c2cc(Br)c(C(F)(F)F)cc2F)OC1(C)C. The van der Waals surface area contributed by atoms with Gasteiger partial charge in [-0.2, -0.15) is 13.2 Å². The highest BCUT2D eigenvalue weighted by Gasteiger charge is 2.52. The van der Waals surface area contributed by atoms with E-state index in [1.165, 1.54) is 0 Å². The van der Waals surface area contributed by atoms with E-state index in [2.05, 4.69) is 15.9 Å². The number of benzene rings is 1. The normalized spacial score (nSPS) is 20.9. The minimum absolute atomic E-state index is 0.0616. The number of hydrogen-bond donors (Lipinski definition) is 0. The Balaban J connectivity index is 2.42. The van der Waals surface area contributed by atoms with Crippen molar-refractivity contribution in [1.82, 2.24) is 0 Å². The van der Waals surface area contributed by atoms with Gasteiger partial charge in [0.05, 0.1) is 16.8 Å². The van der Waals surface area contributed by atoms with Crippen LogP contribution in [0.5, 0.6) is 0 Å². The summed E-state index contributed by atoms with van der Waals surface area (Å²) in [5.41, 5.74) is -2.52. The van der Waals surface area contributed by atoms with Crippen molar-refractivity contribution in [2.45, 2.75) is 45.1 Å². The van der Waals surface area contributed by atoms with Gasteiger partial charge in [-0.1, -0.05) is 15.9 Å². The zero-order valence-electron chi connectivity index (χ0n) is 11.9. The molecular formula is C13H14BBrF4O2. The Labute approximate surface area is 129 Å². The van der Waals surface area contributed by atoms with Gasteiger partial charge in [0.25, 0.3) is 0 Å². The third kappa shape index (κ3) is 2.98. The Morgan fingerprint density at radius 1 is 1.05 bits per heavy atom. The number of alkyl halides is 3. The van der Waals surface area contributed by atoms with Gasteiger partial charge >= 0.3 is 13.3 Å². The molecule has 0 unspecified atom stereocenters. The molecule has 8 heteroatoms. The minimum atomic E-state index is -4.63. The molecule has 0 saturated carbocycles. The van der Waals surface area contributed by atoms with Gasteiger partial charge < -0.3 is 9.31 Å². The van der Waals surface area contributed by atoms with Gasteiger partial charge in [0.1, 0.15) is 5.82 Å². The number of hydrogen-bond acceptors (Lipinski definition) is 2. The van der Waals surface area contributed by atoms with Crippen LogP contribution < -0.4 is 5.46 Å². The Bertz CT molecular complexity index is 556. The standard InChI is InChI=1S/C13H14BBrF4O2/c1-11(2)12(3,4)21-14(20-11)8-6-9(15)7(5-10(8)16)13(17,18)19/h5-6H,1-4H3. The molecule has 2 nitrogen and oxygen atoms in total. The van der Waals surface area contributed by atoms with E-state index in [4.69, 9.17) is 9.31 Å². The largest absolute Gasteiger partial charge is 0.497 e. The average molecular weight is 369 g/mol. The lowest BCUT2D eigenvalue weighted by Crippen LogP contribution is -2.41. The second-order valence-electron chi connectivity index (χ2n) is 5.94. The third-order valence-corrected chi connectivity index (χ3v) is 4.56. The van der Waals surface area contributed by atoms with Crippen LogP contribution in [0.4, 0.5) is 17.6 Å². The van der Waals surface area contributed by atoms with Gasteiger partial charge in [-0.15, -0.1) is 0 Å². The molecule has 0 aromatic heterocycles. The van der Waals surface area contributed by atoms with Crippen molar-refractivity contribution in [3.63, 3.8) is 0 Å². The van der Waals surface area contributed by atoms with Crippen LogP contribution >= 0.6 is 15.9 Å². The van der Waals surface area contributed by atoms with Gasteiger partial charge in [-0.05, 0) is 39.8 Å². The summed E-state index contributed by atoms with van der Waals surface area (Å²) in [6.07, 6.45) is -4.63. The molecule has 21 heavy (non-hydrogen) atoms. The van der Waals surface area contributed by atoms with Crippen LogP contribution in [0.15, 0.2) is 16.6 Å². The maximum Gasteiger partial charge on any atom is 0.497 e. The predicted octanol–water partition coefficient (Wildman–Crippen LogP) is 3.91. The van der Waals surface area contributed by atoms with Crippen molar-refractivity contribution in [2.24, 2.45) is 0 Å². The molecule has 0 aliphatic carbocycles. The Morgan fingerprint density at radius 3 is 1.95 bits per heavy atom. The first-order valence-corrected chi connectivity index (χ1v) is 7.06. The topological polar surface area (TPSA) is 18.5 Å².